The van der Waals surface area contributed by atoms with Gasteiger partial charge in [0, 0.05) is 12.1 Å². The molecule has 4 nitrogen and oxygen atoms in total. The number of alkyl halides is 3. The number of ketones is 1. The van der Waals surface area contributed by atoms with Gasteiger partial charge in [-0.3, -0.25) is 9.59 Å². The Morgan fingerprint density at radius 1 is 0.824 bits per heavy atom. The largest absolute Gasteiger partial charge is 0.430 e. The molecule has 0 radical (unpaired) electrons. The normalized spacial score (nSPS) is 24.8. The van der Waals surface area contributed by atoms with Crippen LogP contribution in [0.3, 0.4) is 0 Å². The van der Waals surface area contributed by atoms with E-state index in [9.17, 15) is 27.9 Å². The number of hydrogen-bond donors (Lipinski definition) is 1. The second-order valence-electron chi connectivity index (χ2n) is 9.77. The standard InChI is InChI=1S/C27H26F3NO3/c28-27(29,30)26(34)22-20(16-25(17-21(22)32)14-8-3-9-15-25)31(24(26)33)23(18-10-4-1-5-11-18)19-12-6-2-7-13-19/h1-2,4-7,10-13,23,34H,3,8-9,14-17H2/t26-/m1/s1. The van der Waals surface area contributed by atoms with Crippen LogP contribution < -0.4 is 0 Å². The smallest absolute Gasteiger partial charge is 0.368 e. The van der Waals surface area contributed by atoms with E-state index in [0.717, 1.165) is 37.0 Å². The molecular weight excluding hydrogens is 443 g/mol. The van der Waals surface area contributed by atoms with E-state index in [1.807, 2.05) is 0 Å². The quantitative estimate of drug-likeness (QED) is 0.648. The summed E-state index contributed by atoms with van der Waals surface area (Å²) >= 11 is 0. The van der Waals surface area contributed by atoms with Gasteiger partial charge in [0.1, 0.15) is 0 Å². The molecule has 1 fully saturated rings. The van der Waals surface area contributed by atoms with Crippen molar-refractivity contribution < 1.29 is 27.9 Å². The highest BCUT2D eigenvalue weighted by Crippen LogP contribution is 2.57. The topological polar surface area (TPSA) is 57.6 Å². The van der Waals surface area contributed by atoms with E-state index < -0.39 is 40.5 Å². The van der Waals surface area contributed by atoms with Gasteiger partial charge in [-0.15, -0.1) is 0 Å². The molecule has 1 atom stereocenters. The van der Waals surface area contributed by atoms with Crippen LogP contribution in [0.1, 0.15) is 62.1 Å². The van der Waals surface area contributed by atoms with Crippen LogP contribution in [0.5, 0.6) is 0 Å². The number of carbonyl (C=O) groups is 2. The average Bonchev–Trinajstić information content (AvgIpc) is 3.04. The summed E-state index contributed by atoms with van der Waals surface area (Å²) in [6.45, 7) is 0. The summed E-state index contributed by atoms with van der Waals surface area (Å²) in [4.78, 5) is 28.0. The van der Waals surface area contributed by atoms with E-state index in [0.29, 0.717) is 11.1 Å². The summed E-state index contributed by atoms with van der Waals surface area (Å²) < 4.78 is 43.0. The fourth-order valence-electron chi connectivity index (χ4n) is 6.07. The van der Waals surface area contributed by atoms with Gasteiger partial charge in [0.25, 0.3) is 11.5 Å². The first kappa shape index (κ1) is 22.8. The van der Waals surface area contributed by atoms with E-state index in [4.69, 9.17) is 0 Å². The van der Waals surface area contributed by atoms with Gasteiger partial charge in [-0.25, -0.2) is 0 Å². The summed E-state index contributed by atoms with van der Waals surface area (Å²) in [6.07, 6.45) is -0.937. The van der Waals surface area contributed by atoms with E-state index >= 15 is 0 Å². The first-order valence-corrected chi connectivity index (χ1v) is 11.7. The predicted molar refractivity (Wildman–Crippen MR) is 119 cm³/mol. The Morgan fingerprint density at radius 3 is 1.85 bits per heavy atom. The van der Waals surface area contributed by atoms with E-state index in [2.05, 4.69) is 0 Å². The molecule has 0 saturated heterocycles. The molecule has 2 aromatic carbocycles. The van der Waals surface area contributed by atoms with Crippen molar-refractivity contribution in [2.24, 2.45) is 5.41 Å². The Kier molecular flexibility index (Phi) is 5.43. The molecule has 3 aliphatic rings. The number of Topliss-reactive ketones (excluding diaryl/α,β-unsaturated/α-hetero) is 1. The van der Waals surface area contributed by atoms with Crippen LogP contribution in [0.25, 0.3) is 0 Å². The zero-order chi connectivity index (χ0) is 24.1. The van der Waals surface area contributed by atoms with Crippen LogP contribution in [-0.2, 0) is 9.59 Å². The van der Waals surface area contributed by atoms with Gasteiger partial charge in [-0.05, 0) is 35.8 Å². The summed E-state index contributed by atoms with van der Waals surface area (Å²) in [5, 5.41) is 11.0. The molecule has 1 saturated carbocycles. The van der Waals surface area contributed by atoms with Crippen molar-refractivity contribution in [2.45, 2.75) is 62.8 Å². The zero-order valence-corrected chi connectivity index (χ0v) is 18.6. The summed E-state index contributed by atoms with van der Waals surface area (Å²) in [7, 11) is 0. The maximum atomic E-state index is 14.3. The van der Waals surface area contributed by atoms with Crippen LogP contribution in [0, 0.1) is 5.41 Å². The lowest BCUT2D eigenvalue weighted by atomic mass is 9.64. The third-order valence-electron chi connectivity index (χ3n) is 7.64. The minimum Gasteiger partial charge on any atom is -0.368 e. The molecule has 7 heteroatoms. The van der Waals surface area contributed by atoms with Gasteiger partial charge < -0.3 is 10.0 Å². The monoisotopic (exact) mass is 469 g/mol. The number of allylic oxidation sites excluding steroid dienone is 1. The van der Waals surface area contributed by atoms with Crippen molar-refractivity contribution in [3.05, 3.63) is 83.1 Å². The first-order chi connectivity index (χ1) is 16.2. The lowest BCUT2D eigenvalue weighted by molar-refractivity contribution is -0.239. The molecule has 1 N–H and O–H groups in total. The second-order valence-corrected chi connectivity index (χ2v) is 9.77. The summed E-state index contributed by atoms with van der Waals surface area (Å²) in [6, 6.07) is 16.7. The molecular formula is C27H26F3NO3. The third kappa shape index (κ3) is 3.40. The number of nitrogens with zero attached hydrogens (tertiary/aromatic N) is 1. The molecule has 0 aromatic heterocycles. The Morgan fingerprint density at radius 2 is 1.35 bits per heavy atom. The Labute approximate surface area is 196 Å². The molecule has 0 unspecified atom stereocenters. The maximum absolute atomic E-state index is 14.3. The minimum atomic E-state index is -5.32. The first-order valence-electron chi connectivity index (χ1n) is 11.7. The fourth-order valence-corrected chi connectivity index (χ4v) is 6.07. The number of rotatable bonds is 3. The van der Waals surface area contributed by atoms with Crippen LogP contribution >= 0.6 is 0 Å². The average molecular weight is 470 g/mol. The van der Waals surface area contributed by atoms with Gasteiger partial charge in [-0.1, -0.05) is 79.9 Å². The molecule has 2 aromatic rings. The molecule has 1 heterocycles. The van der Waals surface area contributed by atoms with E-state index in [-0.39, 0.29) is 18.5 Å². The Bertz CT molecular complexity index is 1100. The summed E-state index contributed by atoms with van der Waals surface area (Å²) in [5.41, 5.74) is -3.84. The predicted octanol–water partition coefficient (Wildman–Crippen LogP) is 5.48. The molecule has 34 heavy (non-hydrogen) atoms. The van der Waals surface area contributed by atoms with Crippen molar-refractivity contribution >= 4 is 11.7 Å². The Hall–Kier alpha value is -2.93. The molecule has 5 rings (SSSR count). The van der Waals surface area contributed by atoms with Crippen LogP contribution in [0.2, 0.25) is 0 Å². The van der Waals surface area contributed by atoms with Crippen molar-refractivity contribution in [1.82, 2.24) is 4.90 Å². The SMILES string of the molecule is O=C1CC2(CCCCC2)CC2=C1[C@](O)(C(F)(F)F)C(=O)N2C(c1ccccc1)c1ccccc1. The maximum Gasteiger partial charge on any atom is 0.430 e. The lowest BCUT2D eigenvalue weighted by Gasteiger charge is -2.42. The van der Waals surface area contributed by atoms with E-state index in [1.54, 1.807) is 60.7 Å². The molecule has 178 valence electrons. The Balaban J connectivity index is 1.73. The highest BCUT2D eigenvalue weighted by atomic mass is 19.4. The molecule has 1 aliphatic heterocycles. The lowest BCUT2D eigenvalue weighted by Crippen LogP contribution is -2.55. The molecule has 0 bridgehead atoms. The summed E-state index contributed by atoms with van der Waals surface area (Å²) in [5.74, 6) is -2.26. The number of hydrogen-bond acceptors (Lipinski definition) is 3. The van der Waals surface area contributed by atoms with Gasteiger partial charge >= 0.3 is 6.18 Å². The highest BCUT2D eigenvalue weighted by molar-refractivity contribution is 6.11. The van der Waals surface area contributed by atoms with Crippen molar-refractivity contribution in [2.75, 3.05) is 0 Å². The minimum absolute atomic E-state index is 0.0284. The molecule has 1 amide bonds. The van der Waals surface area contributed by atoms with Gasteiger partial charge in [-0.2, -0.15) is 13.2 Å². The van der Waals surface area contributed by atoms with Crippen LogP contribution in [0.4, 0.5) is 13.2 Å². The van der Waals surface area contributed by atoms with Crippen molar-refractivity contribution in [3.63, 3.8) is 0 Å². The fraction of sp³-hybridized carbons (Fsp3) is 0.407. The molecule has 1 spiro atoms. The number of halogens is 3. The van der Waals surface area contributed by atoms with E-state index in [1.165, 1.54) is 0 Å². The number of benzene rings is 2. The third-order valence-corrected chi connectivity index (χ3v) is 7.64. The van der Waals surface area contributed by atoms with Crippen LogP contribution in [-0.4, -0.2) is 33.5 Å². The van der Waals surface area contributed by atoms with Gasteiger partial charge in [0.05, 0.1) is 11.6 Å². The highest BCUT2D eigenvalue weighted by Gasteiger charge is 2.71. The van der Waals surface area contributed by atoms with Gasteiger partial charge in [0.15, 0.2) is 5.78 Å². The zero-order valence-electron chi connectivity index (χ0n) is 18.6. The molecule has 2 aliphatic carbocycles. The number of amides is 1. The van der Waals surface area contributed by atoms with Crippen molar-refractivity contribution in [1.29, 1.82) is 0 Å². The second kappa shape index (κ2) is 8.08. The van der Waals surface area contributed by atoms with Gasteiger partial charge in [0.2, 0.25) is 0 Å². The van der Waals surface area contributed by atoms with Crippen molar-refractivity contribution in [3.8, 4) is 0 Å². The number of carbonyl (C=O) groups excluding carboxylic acids is 2. The number of aliphatic hydroxyl groups is 1. The van der Waals surface area contributed by atoms with Crippen LogP contribution in [0.15, 0.2) is 71.9 Å².